The molecule has 3 N–H and O–H groups in total. The van der Waals surface area contributed by atoms with E-state index >= 15 is 0 Å². The number of aromatic nitrogens is 1. The number of pyridine rings is 1. The lowest BCUT2D eigenvalue weighted by molar-refractivity contribution is -0.139. The molecule has 1 aromatic carbocycles. The van der Waals surface area contributed by atoms with E-state index in [0.717, 1.165) is 75.8 Å². The summed E-state index contributed by atoms with van der Waals surface area (Å²) < 4.78 is 0. The lowest BCUT2D eigenvalue weighted by Crippen LogP contribution is -2.42. The summed E-state index contributed by atoms with van der Waals surface area (Å²) in [7, 11) is 0. The van der Waals surface area contributed by atoms with Crippen LogP contribution >= 0.6 is 23.2 Å². The van der Waals surface area contributed by atoms with E-state index in [4.69, 9.17) is 28.2 Å². The first-order valence-electron chi connectivity index (χ1n) is 12.1. The van der Waals surface area contributed by atoms with Gasteiger partial charge in [0.1, 0.15) is 11.9 Å². The molecule has 0 bridgehead atoms. The minimum atomic E-state index is -1.03. The van der Waals surface area contributed by atoms with E-state index in [-0.39, 0.29) is 21.0 Å². The van der Waals surface area contributed by atoms with Gasteiger partial charge < -0.3 is 15.7 Å². The molecule has 2 heterocycles. The van der Waals surface area contributed by atoms with Crippen molar-refractivity contribution in [1.29, 1.82) is 0 Å². The van der Waals surface area contributed by atoms with Crippen LogP contribution in [0.2, 0.25) is 10.0 Å². The van der Waals surface area contributed by atoms with Gasteiger partial charge in [0, 0.05) is 12.2 Å². The van der Waals surface area contributed by atoms with E-state index in [1.807, 2.05) is 0 Å². The van der Waals surface area contributed by atoms with Crippen LogP contribution in [-0.4, -0.2) is 34.6 Å². The van der Waals surface area contributed by atoms with E-state index in [0.29, 0.717) is 6.42 Å². The van der Waals surface area contributed by atoms with Gasteiger partial charge in [-0.2, -0.15) is 0 Å². The second kappa shape index (κ2) is 11.0. The van der Waals surface area contributed by atoms with Crippen molar-refractivity contribution in [2.24, 2.45) is 5.41 Å². The molecule has 0 unspecified atom stereocenters. The molecule has 0 spiro atoms. The van der Waals surface area contributed by atoms with Gasteiger partial charge in [-0.05, 0) is 80.5 Å². The number of carbonyl (C=O) groups is 2. The normalized spacial score (nSPS) is 16.8. The summed E-state index contributed by atoms with van der Waals surface area (Å²) >= 11 is 12.2. The Bertz CT molecular complexity index is 1040. The van der Waals surface area contributed by atoms with Crippen molar-refractivity contribution in [3.05, 3.63) is 57.2 Å². The second-order valence-corrected chi connectivity index (χ2v) is 10.4. The summed E-state index contributed by atoms with van der Waals surface area (Å²) in [6, 6.07) is 8.15. The van der Waals surface area contributed by atoms with Crippen LogP contribution in [0.1, 0.15) is 73.0 Å². The molecule has 8 heteroatoms. The molecule has 2 aliphatic rings. The van der Waals surface area contributed by atoms with Gasteiger partial charge in [-0.25, -0.2) is 9.78 Å². The highest BCUT2D eigenvalue weighted by atomic mass is 35.5. The van der Waals surface area contributed by atoms with Crippen LogP contribution in [0.5, 0.6) is 0 Å². The van der Waals surface area contributed by atoms with Gasteiger partial charge in [0.25, 0.3) is 5.91 Å². The Morgan fingerprint density at radius 3 is 2.59 bits per heavy atom. The molecule has 0 radical (unpaired) electrons. The number of carboxylic acids is 1. The molecular formula is C26H31Cl2N3O3. The Balaban J connectivity index is 1.24. The highest BCUT2D eigenvalue weighted by Gasteiger charge is 2.45. The average molecular weight is 504 g/mol. The second-order valence-electron chi connectivity index (χ2n) is 9.57. The highest BCUT2D eigenvalue weighted by molar-refractivity contribution is 6.39. The molecule has 1 aliphatic carbocycles. The van der Waals surface area contributed by atoms with Crippen molar-refractivity contribution in [3.63, 3.8) is 0 Å². The largest absolute Gasteiger partial charge is 0.480 e. The number of carboxylic acid groups (broad SMARTS) is 1. The number of unbranched alkanes of at least 4 members (excludes halogenated alkanes) is 2. The smallest absolute Gasteiger partial charge is 0.326 e. The first-order chi connectivity index (χ1) is 16.4. The number of hydrogen-bond donors (Lipinski definition) is 3. The molecule has 1 aliphatic heterocycles. The lowest BCUT2D eigenvalue weighted by Gasteiger charge is -2.22. The fourth-order valence-electron chi connectivity index (χ4n) is 4.80. The van der Waals surface area contributed by atoms with Gasteiger partial charge in [-0.1, -0.05) is 48.2 Å². The number of rotatable bonds is 11. The summed E-state index contributed by atoms with van der Waals surface area (Å²) in [6.07, 6.45) is 9.78. The predicted molar refractivity (Wildman–Crippen MR) is 135 cm³/mol. The van der Waals surface area contributed by atoms with Gasteiger partial charge in [-0.15, -0.1) is 0 Å². The minimum Gasteiger partial charge on any atom is -0.480 e. The van der Waals surface area contributed by atoms with Crippen molar-refractivity contribution in [3.8, 4) is 0 Å². The third kappa shape index (κ3) is 6.22. The Morgan fingerprint density at radius 2 is 1.88 bits per heavy atom. The molecule has 182 valence electrons. The van der Waals surface area contributed by atoms with Crippen LogP contribution in [0.25, 0.3) is 0 Å². The number of anilines is 1. The molecule has 4 rings (SSSR count). The zero-order chi connectivity index (χ0) is 24.1. The maximum absolute atomic E-state index is 12.7. The number of halogens is 2. The number of aliphatic carboxylic acids is 1. The summed E-state index contributed by atoms with van der Waals surface area (Å²) in [5, 5.41) is 16.2. The summed E-state index contributed by atoms with van der Waals surface area (Å²) in [6.45, 7) is 0.995. The summed E-state index contributed by atoms with van der Waals surface area (Å²) in [5.41, 5.74) is 2.55. The fourth-order valence-corrected chi connectivity index (χ4v) is 5.37. The van der Waals surface area contributed by atoms with Crippen molar-refractivity contribution < 1.29 is 14.7 Å². The molecule has 1 amide bonds. The predicted octanol–water partition coefficient (Wildman–Crippen LogP) is 5.90. The number of nitrogens with zero attached hydrogens (tertiary/aromatic N) is 1. The third-order valence-electron chi connectivity index (χ3n) is 6.98. The first kappa shape index (κ1) is 24.8. The Morgan fingerprint density at radius 1 is 1.12 bits per heavy atom. The van der Waals surface area contributed by atoms with Gasteiger partial charge in [0.2, 0.25) is 0 Å². The van der Waals surface area contributed by atoms with Gasteiger partial charge in [0.15, 0.2) is 0 Å². The van der Waals surface area contributed by atoms with E-state index < -0.39 is 17.9 Å². The molecule has 34 heavy (non-hydrogen) atoms. The Labute approximate surface area is 210 Å². The molecule has 1 saturated carbocycles. The molecule has 1 aromatic heterocycles. The Kier molecular flexibility index (Phi) is 7.99. The van der Waals surface area contributed by atoms with Crippen LogP contribution in [0.15, 0.2) is 30.3 Å². The lowest BCUT2D eigenvalue weighted by atomic mass is 9.90. The molecule has 1 atom stereocenters. The maximum Gasteiger partial charge on any atom is 0.326 e. The number of nitrogens with one attached hydrogen (secondary N) is 2. The molecule has 2 aromatic rings. The van der Waals surface area contributed by atoms with E-state index in [1.54, 1.807) is 18.2 Å². The number of hydrogen-bond acceptors (Lipinski definition) is 4. The Hall–Kier alpha value is -2.31. The molecule has 0 saturated heterocycles. The molecule has 1 fully saturated rings. The third-order valence-corrected chi connectivity index (χ3v) is 7.61. The maximum atomic E-state index is 12.7. The van der Waals surface area contributed by atoms with E-state index in [9.17, 15) is 14.7 Å². The van der Waals surface area contributed by atoms with Gasteiger partial charge in [-0.3, -0.25) is 4.79 Å². The van der Waals surface area contributed by atoms with E-state index in [2.05, 4.69) is 22.8 Å². The van der Waals surface area contributed by atoms with E-state index in [1.165, 1.54) is 5.56 Å². The number of amides is 1. The van der Waals surface area contributed by atoms with Crippen LogP contribution in [0.4, 0.5) is 5.82 Å². The summed E-state index contributed by atoms with van der Waals surface area (Å²) in [5.74, 6) is -0.541. The van der Waals surface area contributed by atoms with Crippen LogP contribution in [0, 0.1) is 5.41 Å². The van der Waals surface area contributed by atoms with Crippen molar-refractivity contribution >= 4 is 40.9 Å². The molecule has 6 nitrogen and oxygen atoms in total. The summed E-state index contributed by atoms with van der Waals surface area (Å²) in [4.78, 5) is 29.3. The van der Waals surface area contributed by atoms with Gasteiger partial charge in [0.05, 0.1) is 15.6 Å². The highest BCUT2D eigenvalue weighted by Crippen LogP contribution is 2.53. The molecular weight excluding hydrogens is 473 g/mol. The topological polar surface area (TPSA) is 91.3 Å². The van der Waals surface area contributed by atoms with Crippen molar-refractivity contribution in [2.75, 3.05) is 11.9 Å². The zero-order valence-electron chi connectivity index (χ0n) is 19.2. The monoisotopic (exact) mass is 503 g/mol. The number of fused-ring (bicyclic) bond motifs is 1. The SMILES string of the molecule is O=C(N[C@@H](CC1(CCCCCc2ccc3c(n2)NCCC3)CC1)C(=O)O)c1c(Cl)cccc1Cl. The van der Waals surface area contributed by atoms with Crippen LogP contribution in [0.3, 0.4) is 0 Å². The van der Waals surface area contributed by atoms with Crippen molar-refractivity contribution in [1.82, 2.24) is 10.3 Å². The number of carbonyl (C=O) groups excluding carboxylic acids is 1. The fraction of sp³-hybridized carbons (Fsp3) is 0.500. The average Bonchev–Trinajstić information content (AvgIpc) is 3.57. The number of benzene rings is 1. The minimum absolute atomic E-state index is 0.00535. The number of aryl methyl sites for hydroxylation is 2. The zero-order valence-corrected chi connectivity index (χ0v) is 20.7. The standard InChI is InChI=1S/C26H31Cl2N3O3/c27-19-8-4-9-20(28)22(19)24(32)31-21(25(33)34)16-26(13-14-26)12-3-1-2-7-18-11-10-17-6-5-15-29-23(17)30-18/h4,8-11,21H,1-3,5-7,12-16H2,(H,29,30)(H,31,32)(H,33,34)/t21-/m0/s1. The first-order valence-corrected chi connectivity index (χ1v) is 12.8. The quantitative estimate of drug-likeness (QED) is 0.332. The van der Waals surface area contributed by atoms with Gasteiger partial charge >= 0.3 is 5.97 Å². The van der Waals surface area contributed by atoms with Crippen molar-refractivity contribution in [2.45, 2.75) is 70.3 Å². The van der Waals surface area contributed by atoms with Crippen LogP contribution in [-0.2, 0) is 17.6 Å². The van der Waals surface area contributed by atoms with Crippen LogP contribution < -0.4 is 10.6 Å².